The molecule has 2 heterocycles. The molecule has 284 valence electrons. The highest BCUT2D eigenvalue weighted by molar-refractivity contribution is 6.68. The Labute approximate surface area is 323 Å². The van der Waals surface area contributed by atoms with Crippen LogP contribution in [0.3, 0.4) is 0 Å². The normalized spacial score (nSPS) is 18.9. The molecule has 13 heteroatoms. The first-order valence-electron chi connectivity index (χ1n) is 17.9. The van der Waals surface area contributed by atoms with Gasteiger partial charge in [0, 0.05) is 31.2 Å². The maximum absolute atomic E-state index is 14.9. The Morgan fingerprint density at radius 1 is 0.943 bits per heavy atom. The highest BCUT2D eigenvalue weighted by atomic mass is 35.6. The van der Waals surface area contributed by atoms with Gasteiger partial charge in [-0.05, 0) is 99.3 Å². The van der Waals surface area contributed by atoms with Gasteiger partial charge in [0.1, 0.15) is 0 Å². The summed E-state index contributed by atoms with van der Waals surface area (Å²) in [5, 5.41) is 3.42. The molecule has 3 aromatic rings. The maximum atomic E-state index is 14.9. The van der Waals surface area contributed by atoms with Crippen LogP contribution in [0.2, 0.25) is 0 Å². The van der Waals surface area contributed by atoms with Crippen LogP contribution in [0.25, 0.3) is 5.57 Å². The fourth-order valence-electron chi connectivity index (χ4n) is 7.03. The molecule has 2 aliphatic heterocycles. The van der Waals surface area contributed by atoms with Gasteiger partial charge in [-0.3, -0.25) is 9.69 Å². The van der Waals surface area contributed by atoms with Gasteiger partial charge in [-0.25, -0.2) is 13.6 Å². The topological polar surface area (TPSA) is 71.1 Å². The third-order valence-corrected chi connectivity index (χ3v) is 11.7. The molecule has 1 aliphatic carbocycles. The molecule has 7 nitrogen and oxygen atoms in total. The van der Waals surface area contributed by atoms with Crippen molar-refractivity contribution in [2.45, 2.75) is 86.8 Å². The zero-order valence-electron chi connectivity index (χ0n) is 29.9. The monoisotopic (exact) mass is 791 g/mol. The number of piperazine rings is 1. The predicted molar refractivity (Wildman–Crippen MR) is 201 cm³/mol. The molecule has 6 rings (SSSR count). The van der Waals surface area contributed by atoms with Crippen molar-refractivity contribution in [3.8, 4) is 5.75 Å². The van der Waals surface area contributed by atoms with Crippen LogP contribution in [-0.4, -0.2) is 75.6 Å². The Hall–Kier alpha value is -3.44. The second kappa shape index (κ2) is 16.1. The van der Waals surface area contributed by atoms with E-state index in [1.165, 1.54) is 19.4 Å². The van der Waals surface area contributed by atoms with Crippen LogP contribution >= 0.6 is 34.8 Å². The number of nitrogens with zero attached hydrogens (tertiary/aromatic N) is 2. The van der Waals surface area contributed by atoms with E-state index < -0.39 is 44.7 Å². The highest BCUT2D eigenvalue weighted by Gasteiger charge is 2.50. The van der Waals surface area contributed by atoms with E-state index in [1.807, 2.05) is 41.3 Å². The summed E-state index contributed by atoms with van der Waals surface area (Å²) in [6.45, 7) is 6.48. The van der Waals surface area contributed by atoms with Crippen molar-refractivity contribution in [3.05, 3.63) is 106 Å². The Balaban J connectivity index is 1.28. The lowest BCUT2D eigenvalue weighted by atomic mass is 9.81. The lowest BCUT2D eigenvalue weighted by Crippen LogP contribution is -2.64. The van der Waals surface area contributed by atoms with E-state index in [0.29, 0.717) is 50.9 Å². The van der Waals surface area contributed by atoms with Crippen molar-refractivity contribution in [1.82, 2.24) is 15.1 Å². The Morgan fingerprint density at radius 2 is 1.64 bits per heavy atom. The molecule has 1 saturated carbocycles. The summed E-state index contributed by atoms with van der Waals surface area (Å²) in [6, 6.07) is 16.7. The number of ether oxygens (including phenoxy) is 2. The first kappa shape index (κ1) is 39.3. The van der Waals surface area contributed by atoms with E-state index in [2.05, 4.69) is 24.4 Å². The third kappa shape index (κ3) is 8.77. The SMILES string of the molecule is Cc1ccccc1CCN(C(=O)C1=C(c2ccc(CCCOc3c(F)ccc(F)c3F)cc2)CC2CNCC1N2C(=O)OC(C)(C)C(Cl)(Cl)Cl)C1CC1. The lowest BCUT2D eigenvalue weighted by molar-refractivity contribution is -0.128. The number of benzene rings is 3. The van der Waals surface area contributed by atoms with Gasteiger partial charge in [0.2, 0.25) is 9.61 Å². The highest BCUT2D eigenvalue weighted by Crippen LogP contribution is 2.43. The molecule has 2 unspecified atom stereocenters. The number of rotatable bonds is 12. The number of alkyl halides is 3. The van der Waals surface area contributed by atoms with E-state index in [4.69, 9.17) is 44.3 Å². The van der Waals surface area contributed by atoms with E-state index >= 15 is 0 Å². The first-order valence-corrected chi connectivity index (χ1v) is 19.0. The Morgan fingerprint density at radius 3 is 2.32 bits per heavy atom. The number of fused-ring (bicyclic) bond motifs is 2. The summed E-state index contributed by atoms with van der Waals surface area (Å²) in [5.41, 5.74) is 4.10. The number of amides is 2. The number of aryl methyl sites for hydroxylation is 2. The molecule has 0 spiro atoms. The molecular weight excluding hydrogens is 750 g/mol. The third-order valence-electron chi connectivity index (χ3n) is 10.3. The quantitative estimate of drug-likeness (QED) is 0.113. The summed E-state index contributed by atoms with van der Waals surface area (Å²) in [4.78, 5) is 32.5. The molecule has 1 saturated heterocycles. The van der Waals surface area contributed by atoms with Gasteiger partial charge in [-0.15, -0.1) is 0 Å². The van der Waals surface area contributed by atoms with E-state index in [1.54, 1.807) is 4.90 Å². The Kier molecular flexibility index (Phi) is 11.9. The smallest absolute Gasteiger partial charge is 0.411 e. The maximum Gasteiger partial charge on any atom is 0.411 e. The molecule has 53 heavy (non-hydrogen) atoms. The molecular formula is C40H43Cl3F3N3O4. The molecule has 3 aromatic carbocycles. The standard InChI is InChI=1S/C40H43Cl3F3N3O4/c1-24-7-4-5-9-26(24)18-19-48(28-14-15-28)37(50)34-30(21-29-22-47-23-33(34)49(29)38(51)53-39(2,3)40(41,42)43)27-12-10-25(11-13-27)8-6-20-52-36-32(45)17-16-31(44)35(36)46/h4-5,7,9-13,16-17,28-29,33,47H,6,8,14-15,18-23H2,1-3H3. The fraction of sp³-hybridized carbons (Fsp3) is 0.450. The molecule has 3 aliphatic rings. The van der Waals surface area contributed by atoms with Crippen LogP contribution in [0.1, 0.15) is 61.8 Å². The van der Waals surface area contributed by atoms with E-state index in [-0.39, 0.29) is 24.6 Å². The minimum absolute atomic E-state index is 0.0142. The molecule has 0 radical (unpaired) electrons. The van der Waals surface area contributed by atoms with Crippen LogP contribution in [0.4, 0.5) is 18.0 Å². The van der Waals surface area contributed by atoms with Crippen molar-refractivity contribution in [3.63, 3.8) is 0 Å². The van der Waals surface area contributed by atoms with Crippen LogP contribution in [0, 0.1) is 24.4 Å². The van der Waals surface area contributed by atoms with Crippen LogP contribution in [-0.2, 0) is 22.4 Å². The summed E-state index contributed by atoms with van der Waals surface area (Å²) >= 11 is 18.6. The van der Waals surface area contributed by atoms with Gasteiger partial charge in [-0.2, -0.15) is 4.39 Å². The minimum Gasteiger partial charge on any atom is -0.488 e. The van der Waals surface area contributed by atoms with Crippen molar-refractivity contribution in [1.29, 1.82) is 0 Å². The zero-order valence-corrected chi connectivity index (χ0v) is 32.1. The molecule has 1 N–H and O–H groups in total. The van der Waals surface area contributed by atoms with Crippen molar-refractivity contribution in [2.24, 2.45) is 0 Å². The Bertz CT molecular complexity index is 1860. The van der Waals surface area contributed by atoms with Crippen LogP contribution in [0.5, 0.6) is 5.75 Å². The minimum atomic E-state index is -1.89. The number of halogens is 6. The zero-order chi connectivity index (χ0) is 38.1. The number of hydrogen-bond acceptors (Lipinski definition) is 5. The van der Waals surface area contributed by atoms with Gasteiger partial charge in [-0.1, -0.05) is 83.3 Å². The van der Waals surface area contributed by atoms with E-state index in [9.17, 15) is 22.8 Å². The first-order chi connectivity index (χ1) is 25.2. The number of carbonyl (C=O) groups is 2. The van der Waals surface area contributed by atoms with Gasteiger partial charge >= 0.3 is 6.09 Å². The van der Waals surface area contributed by atoms with Crippen LogP contribution < -0.4 is 10.1 Å². The summed E-state index contributed by atoms with van der Waals surface area (Å²) in [7, 11) is 0. The average molecular weight is 793 g/mol. The van der Waals surface area contributed by atoms with Crippen molar-refractivity contribution in [2.75, 3.05) is 26.2 Å². The predicted octanol–water partition coefficient (Wildman–Crippen LogP) is 8.74. The second-order valence-electron chi connectivity index (χ2n) is 14.4. The number of hydrogen-bond donors (Lipinski definition) is 1. The number of nitrogens with one attached hydrogen (secondary N) is 1. The average Bonchev–Trinajstić information content (AvgIpc) is 3.95. The molecule has 2 fully saturated rings. The summed E-state index contributed by atoms with van der Waals surface area (Å²) < 4.78 is 50.8. The second-order valence-corrected chi connectivity index (χ2v) is 16.7. The number of carbonyl (C=O) groups excluding carboxylic acids is 2. The van der Waals surface area contributed by atoms with E-state index in [0.717, 1.165) is 47.2 Å². The summed E-state index contributed by atoms with van der Waals surface area (Å²) in [5.74, 6) is -4.33. The van der Waals surface area contributed by atoms with Crippen molar-refractivity contribution < 1.29 is 32.2 Å². The van der Waals surface area contributed by atoms with Gasteiger partial charge in [0.25, 0.3) is 5.91 Å². The van der Waals surface area contributed by atoms with Crippen molar-refractivity contribution >= 4 is 52.4 Å². The molecule has 2 amide bonds. The molecule has 0 aromatic heterocycles. The molecule has 2 bridgehead atoms. The van der Waals surface area contributed by atoms with Gasteiger partial charge < -0.3 is 19.7 Å². The lowest BCUT2D eigenvalue weighted by Gasteiger charge is -2.48. The van der Waals surface area contributed by atoms with Crippen LogP contribution in [0.15, 0.2) is 66.2 Å². The fourth-order valence-corrected chi connectivity index (χ4v) is 7.15. The van der Waals surface area contributed by atoms with Gasteiger partial charge in [0.05, 0.1) is 18.7 Å². The largest absolute Gasteiger partial charge is 0.488 e. The van der Waals surface area contributed by atoms with Gasteiger partial charge in [0.15, 0.2) is 23.0 Å². The summed E-state index contributed by atoms with van der Waals surface area (Å²) in [6.07, 6.45) is 3.21. The molecule has 2 atom stereocenters.